The molecule has 0 radical (unpaired) electrons. The van der Waals surface area contributed by atoms with Gasteiger partial charge in [0.2, 0.25) is 0 Å². The van der Waals surface area contributed by atoms with Crippen LogP contribution in [0.5, 0.6) is 0 Å². The summed E-state index contributed by atoms with van der Waals surface area (Å²) in [5.74, 6) is -0.836. The molecular weight excluding hydrogens is 295 g/mol. The number of primary amides is 1. The van der Waals surface area contributed by atoms with E-state index in [1.54, 1.807) is 0 Å². The molecule has 0 aliphatic rings. The Bertz CT molecular complexity index is 440. The number of halogens is 2. The third-order valence-corrected chi connectivity index (χ3v) is 2.42. The number of benzene rings is 1. The van der Waals surface area contributed by atoms with Crippen molar-refractivity contribution in [3.63, 3.8) is 0 Å². The van der Waals surface area contributed by atoms with Crippen LogP contribution in [0.1, 0.15) is 10.4 Å². The van der Waals surface area contributed by atoms with E-state index in [0.717, 1.165) is 0 Å². The molecule has 0 bridgehead atoms. The van der Waals surface area contributed by atoms with Gasteiger partial charge in [-0.1, -0.05) is 0 Å². The predicted molar refractivity (Wildman–Crippen MR) is 62.0 cm³/mol. The molecule has 1 aromatic carbocycles. The van der Waals surface area contributed by atoms with Gasteiger partial charge in [-0.25, -0.2) is 9.18 Å². The van der Waals surface area contributed by atoms with Crippen LogP contribution in [0.25, 0.3) is 0 Å². The molecule has 1 aromatic rings. The molecule has 0 unspecified atom stereocenters. The first kappa shape index (κ1) is 13.4. The molecule has 0 atom stereocenters. The lowest BCUT2D eigenvalue weighted by molar-refractivity contribution is 0.0936. The summed E-state index contributed by atoms with van der Waals surface area (Å²) in [6.45, 7) is 0.125. The minimum atomic E-state index is -0.899. The van der Waals surface area contributed by atoms with Crippen LogP contribution in [-0.4, -0.2) is 25.2 Å². The Kier molecular flexibility index (Phi) is 4.89. The van der Waals surface area contributed by atoms with Crippen molar-refractivity contribution in [2.24, 2.45) is 5.73 Å². The molecule has 0 fully saturated rings. The molecule has 2 amide bonds. The maximum atomic E-state index is 12.9. The zero-order valence-corrected chi connectivity index (χ0v) is 10.3. The highest BCUT2D eigenvalue weighted by molar-refractivity contribution is 9.10. The second-order valence-electron chi connectivity index (χ2n) is 3.05. The number of ether oxygens (including phenoxy) is 1. The van der Waals surface area contributed by atoms with Crippen LogP contribution in [-0.2, 0) is 4.74 Å². The summed E-state index contributed by atoms with van der Waals surface area (Å²) in [5.41, 5.74) is 5.04. The van der Waals surface area contributed by atoms with Crippen LogP contribution in [0, 0.1) is 5.82 Å². The van der Waals surface area contributed by atoms with E-state index >= 15 is 0 Å². The van der Waals surface area contributed by atoms with E-state index in [0.29, 0.717) is 5.56 Å². The van der Waals surface area contributed by atoms with Crippen molar-refractivity contribution in [2.75, 3.05) is 13.2 Å². The Balaban J connectivity index is 2.47. The normalized spacial score (nSPS) is 9.76. The summed E-state index contributed by atoms with van der Waals surface area (Å²) in [7, 11) is 0. The standard InChI is InChI=1S/C10H10BrFN2O3/c11-7-5-6(1-2-8(7)12)9(15)14-3-4-17-10(13)16/h1-2,5H,3-4H2,(H2,13,16)(H,14,15). The van der Waals surface area contributed by atoms with E-state index in [9.17, 15) is 14.0 Å². The summed E-state index contributed by atoms with van der Waals surface area (Å²) < 4.78 is 17.5. The summed E-state index contributed by atoms with van der Waals surface area (Å²) >= 11 is 2.97. The second kappa shape index (κ2) is 6.19. The van der Waals surface area contributed by atoms with Gasteiger partial charge in [0.15, 0.2) is 0 Å². The number of hydrogen-bond donors (Lipinski definition) is 2. The lowest BCUT2D eigenvalue weighted by Crippen LogP contribution is -2.29. The van der Waals surface area contributed by atoms with Crippen molar-refractivity contribution in [3.05, 3.63) is 34.1 Å². The molecule has 5 nitrogen and oxygen atoms in total. The van der Waals surface area contributed by atoms with Crippen LogP contribution >= 0.6 is 15.9 Å². The van der Waals surface area contributed by atoms with Gasteiger partial charge in [0.25, 0.3) is 5.91 Å². The van der Waals surface area contributed by atoms with Crippen molar-refractivity contribution >= 4 is 27.9 Å². The van der Waals surface area contributed by atoms with Gasteiger partial charge in [-0.05, 0) is 34.1 Å². The number of nitrogens with two attached hydrogens (primary N) is 1. The summed E-state index contributed by atoms with van der Waals surface area (Å²) in [6.07, 6.45) is -0.899. The van der Waals surface area contributed by atoms with Crippen molar-refractivity contribution in [2.45, 2.75) is 0 Å². The van der Waals surface area contributed by atoms with E-state index in [4.69, 9.17) is 5.73 Å². The zero-order chi connectivity index (χ0) is 12.8. The van der Waals surface area contributed by atoms with Crippen molar-refractivity contribution in [3.8, 4) is 0 Å². The maximum absolute atomic E-state index is 12.9. The number of nitrogens with one attached hydrogen (secondary N) is 1. The number of rotatable bonds is 4. The molecule has 7 heteroatoms. The Hall–Kier alpha value is -1.63. The predicted octanol–water partition coefficient (Wildman–Crippen LogP) is 1.41. The SMILES string of the molecule is NC(=O)OCCNC(=O)c1ccc(F)c(Br)c1. The lowest BCUT2D eigenvalue weighted by atomic mass is 10.2. The third kappa shape index (κ3) is 4.39. The molecule has 0 aliphatic heterocycles. The van der Waals surface area contributed by atoms with E-state index < -0.39 is 17.8 Å². The number of carbonyl (C=O) groups is 2. The highest BCUT2D eigenvalue weighted by Gasteiger charge is 2.07. The molecule has 92 valence electrons. The van der Waals surface area contributed by atoms with Gasteiger partial charge in [-0.2, -0.15) is 0 Å². The van der Waals surface area contributed by atoms with Gasteiger partial charge in [0.05, 0.1) is 11.0 Å². The minimum Gasteiger partial charge on any atom is -0.448 e. The quantitative estimate of drug-likeness (QED) is 0.825. The van der Waals surface area contributed by atoms with Crippen molar-refractivity contribution in [1.82, 2.24) is 5.32 Å². The molecule has 3 N–H and O–H groups in total. The van der Waals surface area contributed by atoms with Gasteiger partial charge in [0, 0.05) is 5.56 Å². The Morgan fingerprint density at radius 1 is 1.47 bits per heavy atom. The van der Waals surface area contributed by atoms with E-state index in [2.05, 4.69) is 26.0 Å². The van der Waals surface area contributed by atoms with Crippen molar-refractivity contribution < 1.29 is 18.7 Å². The van der Waals surface area contributed by atoms with E-state index in [-0.39, 0.29) is 17.6 Å². The van der Waals surface area contributed by atoms with Crippen LogP contribution in [0.15, 0.2) is 22.7 Å². The fraction of sp³-hybridized carbons (Fsp3) is 0.200. The zero-order valence-electron chi connectivity index (χ0n) is 8.70. The maximum Gasteiger partial charge on any atom is 0.404 e. The molecular formula is C10H10BrFN2O3. The molecule has 0 aromatic heterocycles. The number of amides is 2. The van der Waals surface area contributed by atoms with Crippen LogP contribution in [0.2, 0.25) is 0 Å². The molecule has 17 heavy (non-hydrogen) atoms. The summed E-state index contributed by atoms with van der Waals surface area (Å²) in [4.78, 5) is 21.8. The molecule has 0 saturated carbocycles. The summed E-state index contributed by atoms with van der Waals surface area (Å²) in [6, 6.07) is 3.89. The monoisotopic (exact) mass is 304 g/mol. The lowest BCUT2D eigenvalue weighted by Gasteiger charge is -2.05. The topological polar surface area (TPSA) is 81.4 Å². The Morgan fingerprint density at radius 3 is 2.76 bits per heavy atom. The number of hydrogen-bond acceptors (Lipinski definition) is 3. The van der Waals surface area contributed by atoms with Crippen LogP contribution < -0.4 is 11.1 Å². The smallest absolute Gasteiger partial charge is 0.404 e. The minimum absolute atomic E-state index is 0.0105. The first-order chi connectivity index (χ1) is 8.00. The largest absolute Gasteiger partial charge is 0.448 e. The van der Waals surface area contributed by atoms with Crippen molar-refractivity contribution in [1.29, 1.82) is 0 Å². The van der Waals surface area contributed by atoms with Gasteiger partial charge in [-0.15, -0.1) is 0 Å². The molecule has 0 aliphatic carbocycles. The molecule has 1 rings (SSSR count). The molecule has 0 spiro atoms. The number of carbonyl (C=O) groups excluding carboxylic acids is 2. The highest BCUT2D eigenvalue weighted by atomic mass is 79.9. The van der Waals surface area contributed by atoms with Gasteiger partial charge in [0.1, 0.15) is 12.4 Å². The van der Waals surface area contributed by atoms with Gasteiger partial charge < -0.3 is 15.8 Å². The van der Waals surface area contributed by atoms with E-state index in [1.165, 1.54) is 18.2 Å². The first-order valence-electron chi connectivity index (χ1n) is 4.66. The Morgan fingerprint density at radius 2 is 2.18 bits per heavy atom. The van der Waals surface area contributed by atoms with Gasteiger partial charge in [-0.3, -0.25) is 4.79 Å². The molecule has 0 saturated heterocycles. The van der Waals surface area contributed by atoms with Crippen LogP contribution in [0.3, 0.4) is 0 Å². The van der Waals surface area contributed by atoms with E-state index in [1.807, 2.05) is 0 Å². The highest BCUT2D eigenvalue weighted by Crippen LogP contribution is 2.16. The average molecular weight is 305 g/mol. The second-order valence-corrected chi connectivity index (χ2v) is 3.91. The first-order valence-corrected chi connectivity index (χ1v) is 5.45. The Labute approximate surface area is 105 Å². The third-order valence-electron chi connectivity index (χ3n) is 1.81. The van der Waals surface area contributed by atoms with Crippen LogP contribution in [0.4, 0.5) is 9.18 Å². The van der Waals surface area contributed by atoms with Gasteiger partial charge >= 0.3 is 6.09 Å². The fourth-order valence-electron chi connectivity index (χ4n) is 1.06. The molecule has 0 heterocycles. The summed E-state index contributed by atoms with van der Waals surface area (Å²) in [5, 5.41) is 2.49. The fourth-order valence-corrected chi connectivity index (χ4v) is 1.43. The average Bonchev–Trinajstić information content (AvgIpc) is 2.27.